The van der Waals surface area contributed by atoms with Gasteiger partial charge in [0.05, 0.1) is 18.5 Å². The zero-order chi connectivity index (χ0) is 15.6. The molecule has 1 fully saturated rings. The van der Waals surface area contributed by atoms with Gasteiger partial charge in [-0.3, -0.25) is 0 Å². The van der Waals surface area contributed by atoms with Crippen molar-refractivity contribution in [2.75, 3.05) is 20.2 Å². The molecule has 0 amide bonds. The Morgan fingerprint density at radius 3 is 2.83 bits per heavy atom. The standard InChI is InChI=1S/C18H20N4O/c1-23-15-6-4-13(5-7-15)16-11-18-20-10-8-17(22(18)21-16)14-3-2-9-19-12-14/h4-8,10-11,14,19H,2-3,9,12H2,1H3/t14-/m1/s1. The van der Waals surface area contributed by atoms with Gasteiger partial charge in [-0.1, -0.05) is 0 Å². The van der Waals surface area contributed by atoms with Crippen LogP contribution < -0.4 is 10.1 Å². The maximum Gasteiger partial charge on any atom is 0.155 e. The Bertz CT molecular complexity index is 804. The summed E-state index contributed by atoms with van der Waals surface area (Å²) in [6, 6.07) is 12.1. The molecule has 1 aliphatic heterocycles. The van der Waals surface area contributed by atoms with Crippen molar-refractivity contribution in [1.82, 2.24) is 19.9 Å². The van der Waals surface area contributed by atoms with Crippen LogP contribution in [0.1, 0.15) is 24.5 Å². The molecule has 1 saturated heterocycles. The molecule has 0 radical (unpaired) electrons. The number of nitrogens with one attached hydrogen (secondary N) is 1. The molecule has 5 heteroatoms. The summed E-state index contributed by atoms with van der Waals surface area (Å²) < 4.78 is 7.21. The molecule has 1 atom stereocenters. The number of hydrogen-bond donors (Lipinski definition) is 1. The van der Waals surface area contributed by atoms with Crippen LogP contribution in [0.25, 0.3) is 16.9 Å². The van der Waals surface area contributed by atoms with Crippen molar-refractivity contribution in [3.63, 3.8) is 0 Å². The second-order valence-electron chi connectivity index (χ2n) is 5.94. The van der Waals surface area contributed by atoms with Crippen LogP contribution in [0.4, 0.5) is 0 Å². The van der Waals surface area contributed by atoms with Gasteiger partial charge in [0.2, 0.25) is 0 Å². The van der Waals surface area contributed by atoms with Gasteiger partial charge in [-0.2, -0.15) is 5.10 Å². The zero-order valence-electron chi connectivity index (χ0n) is 13.2. The SMILES string of the molecule is COc1ccc(-c2cc3nccc([C@@H]4CCCNC4)n3n2)cc1. The molecule has 0 aliphatic carbocycles. The van der Waals surface area contributed by atoms with Crippen LogP contribution in [0.5, 0.6) is 5.75 Å². The molecule has 4 rings (SSSR count). The second kappa shape index (κ2) is 6.01. The molecular formula is C18H20N4O. The van der Waals surface area contributed by atoms with Gasteiger partial charge in [-0.15, -0.1) is 0 Å². The van der Waals surface area contributed by atoms with Crippen LogP contribution in [0.15, 0.2) is 42.6 Å². The first-order chi connectivity index (χ1) is 11.3. The fourth-order valence-electron chi connectivity index (χ4n) is 3.23. The predicted molar refractivity (Wildman–Crippen MR) is 89.8 cm³/mol. The summed E-state index contributed by atoms with van der Waals surface area (Å²) in [5, 5.41) is 8.27. The first-order valence-electron chi connectivity index (χ1n) is 8.05. The fourth-order valence-corrected chi connectivity index (χ4v) is 3.23. The predicted octanol–water partition coefficient (Wildman–Crippen LogP) is 2.87. The number of hydrogen-bond acceptors (Lipinski definition) is 4. The highest BCUT2D eigenvalue weighted by Crippen LogP contribution is 2.26. The number of rotatable bonds is 3. The van der Waals surface area contributed by atoms with Crippen LogP contribution in [0.3, 0.4) is 0 Å². The lowest BCUT2D eigenvalue weighted by atomic mass is 9.96. The van der Waals surface area contributed by atoms with Crippen LogP contribution in [0.2, 0.25) is 0 Å². The Labute approximate surface area is 135 Å². The highest BCUT2D eigenvalue weighted by molar-refractivity contribution is 5.64. The third kappa shape index (κ3) is 2.68. The van der Waals surface area contributed by atoms with Crippen molar-refractivity contribution in [3.8, 4) is 17.0 Å². The minimum atomic E-state index is 0.498. The van der Waals surface area contributed by atoms with Gasteiger partial charge in [-0.25, -0.2) is 9.50 Å². The number of methoxy groups -OCH3 is 1. The monoisotopic (exact) mass is 308 g/mol. The summed E-state index contributed by atoms with van der Waals surface area (Å²) in [6.45, 7) is 2.12. The Hall–Kier alpha value is -2.40. The number of benzene rings is 1. The lowest BCUT2D eigenvalue weighted by Crippen LogP contribution is -2.29. The minimum Gasteiger partial charge on any atom is -0.497 e. The Morgan fingerprint density at radius 1 is 1.22 bits per heavy atom. The third-order valence-corrected chi connectivity index (χ3v) is 4.49. The van der Waals surface area contributed by atoms with Gasteiger partial charge in [-0.05, 0) is 49.7 Å². The Balaban J connectivity index is 1.74. The Kier molecular flexibility index (Phi) is 3.71. The topological polar surface area (TPSA) is 51.5 Å². The quantitative estimate of drug-likeness (QED) is 0.808. The van der Waals surface area contributed by atoms with E-state index >= 15 is 0 Å². The van der Waals surface area contributed by atoms with Gasteiger partial charge >= 0.3 is 0 Å². The van der Waals surface area contributed by atoms with E-state index in [1.807, 2.05) is 41.0 Å². The molecule has 3 heterocycles. The average Bonchev–Trinajstić information content (AvgIpc) is 3.06. The second-order valence-corrected chi connectivity index (χ2v) is 5.94. The van der Waals surface area contributed by atoms with E-state index in [2.05, 4.69) is 16.4 Å². The summed E-state index contributed by atoms with van der Waals surface area (Å²) in [6.07, 6.45) is 4.30. The van der Waals surface area contributed by atoms with Gasteiger partial charge in [0.25, 0.3) is 0 Å². The first-order valence-corrected chi connectivity index (χ1v) is 8.05. The van der Waals surface area contributed by atoms with Crippen LogP contribution >= 0.6 is 0 Å². The summed E-state index contributed by atoms with van der Waals surface area (Å²) in [5.41, 5.74) is 4.15. The molecule has 118 valence electrons. The average molecular weight is 308 g/mol. The van der Waals surface area contributed by atoms with Crippen LogP contribution in [-0.4, -0.2) is 34.8 Å². The summed E-state index contributed by atoms with van der Waals surface area (Å²) in [5.74, 6) is 1.35. The van der Waals surface area contributed by atoms with E-state index in [9.17, 15) is 0 Å². The fraction of sp³-hybridized carbons (Fsp3) is 0.333. The molecule has 5 nitrogen and oxygen atoms in total. The maximum atomic E-state index is 5.22. The van der Waals surface area contributed by atoms with E-state index in [0.717, 1.165) is 35.7 Å². The summed E-state index contributed by atoms with van der Waals surface area (Å²) >= 11 is 0. The van der Waals surface area contributed by atoms with Gasteiger partial charge < -0.3 is 10.1 Å². The van der Waals surface area contributed by atoms with E-state index in [4.69, 9.17) is 9.84 Å². The van der Waals surface area contributed by atoms with Crippen molar-refractivity contribution in [2.24, 2.45) is 0 Å². The summed E-state index contributed by atoms with van der Waals surface area (Å²) in [4.78, 5) is 4.47. The zero-order valence-corrected chi connectivity index (χ0v) is 13.2. The molecule has 1 N–H and O–H groups in total. The molecule has 1 aromatic carbocycles. The van der Waals surface area contributed by atoms with Gasteiger partial charge in [0.15, 0.2) is 5.65 Å². The molecular weight excluding hydrogens is 288 g/mol. The van der Waals surface area contributed by atoms with Crippen LogP contribution in [0, 0.1) is 0 Å². The number of nitrogens with zero attached hydrogens (tertiary/aromatic N) is 3. The number of aromatic nitrogens is 3. The van der Waals surface area contributed by atoms with Crippen molar-refractivity contribution in [2.45, 2.75) is 18.8 Å². The van der Waals surface area contributed by atoms with Gasteiger partial charge in [0, 0.05) is 30.3 Å². The lowest BCUT2D eigenvalue weighted by Gasteiger charge is -2.23. The number of fused-ring (bicyclic) bond motifs is 1. The first kappa shape index (κ1) is 14.2. The molecule has 1 aliphatic rings. The lowest BCUT2D eigenvalue weighted by molar-refractivity contribution is 0.415. The molecule has 0 bridgehead atoms. The smallest absolute Gasteiger partial charge is 0.155 e. The highest BCUT2D eigenvalue weighted by Gasteiger charge is 2.19. The van der Waals surface area contributed by atoms with E-state index in [-0.39, 0.29) is 0 Å². The number of piperidine rings is 1. The largest absolute Gasteiger partial charge is 0.497 e. The molecule has 23 heavy (non-hydrogen) atoms. The normalized spacial score (nSPS) is 18.2. The van der Waals surface area contributed by atoms with Crippen molar-refractivity contribution in [3.05, 3.63) is 48.3 Å². The van der Waals surface area contributed by atoms with Gasteiger partial charge in [0.1, 0.15) is 5.75 Å². The molecule has 0 unspecified atom stereocenters. The maximum absolute atomic E-state index is 5.22. The van der Waals surface area contributed by atoms with E-state index in [1.54, 1.807) is 7.11 Å². The van der Waals surface area contributed by atoms with E-state index in [1.165, 1.54) is 18.5 Å². The molecule has 2 aromatic heterocycles. The van der Waals surface area contributed by atoms with Crippen LogP contribution in [-0.2, 0) is 0 Å². The molecule has 3 aromatic rings. The highest BCUT2D eigenvalue weighted by atomic mass is 16.5. The molecule has 0 saturated carbocycles. The third-order valence-electron chi connectivity index (χ3n) is 4.49. The van der Waals surface area contributed by atoms with Crippen molar-refractivity contribution < 1.29 is 4.74 Å². The van der Waals surface area contributed by atoms with E-state index < -0.39 is 0 Å². The Morgan fingerprint density at radius 2 is 2.09 bits per heavy atom. The minimum absolute atomic E-state index is 0.498. The number of ether oxygens (including phenoxy) is 1. The van der Waals surface area contributed by atoms with E-state index in [0.29, 0.717) is 5.92 Å². The van der Waals surface area contributed by atoms with Crippen molar-refractivity contribution in [1.29, 1.82) is 0 Å². The molecule has 0 spiro atoms. The summed E-state index contributed by atoms with van der Waals surface area (Å²) in [7, 11) is 1.67. The van der Waals surface area contributed by atoms with Crippen molar-refractivity contribution >= 4 is 5.65 Å².